The first kappa shape index (κ1) is 14.3. The second kappa shape index (κ2) is 6.33. The molecule has 0 atom stereocenters. The first-order valence-corrected chi connectivity index (χ1v) is 6.70. The molecule has 7 heteroatoms. The number of rotatable bonds is 5. The summed E-state index contributed by atoms with van der Waals surface area (Å²) in [6.07, 6.45) is 3.23. The third-order valence-corrected chi connectivity index (χ3v) is 3.10. The summed E-state index contributed by atoms with van der Waals surface area (Å²) in [5.74, 6) is 0.874. The fourth-order valence-electron chi connectivity index (χ4n) is 1.59. The fourth-order valence-corrected chi connectivity index (χ4v) is 1.91. The Morgan fingerprint density at radius 3 is 2.90 bits per heavy atom. The predicted molar refractivity (Wildman–Crippen MR) is 79.3 cm³/mol. The molecule has 0 aliphatic carbocycles. The number of non-ortho nitro benzene ring substituents is 1. The number of hydrogen-bond acceptors (Lipinski definition) is 5. The van der Waals surface area contributed by atoms with Gasteiger partial charge in [0.15, 0.2) is 0 Å². The van der Waals surface area contributed by atoms with E-state index in [1.165, 1.54) is 12.1 Å². The number of ether oxygens (including phenoxy) is 1. The monoisotopic (exact) mass is 337 g/mol. The van der Waals surface area contributed by atoms with Crippen LogP contribution in [0, 0.1) is 10.1 Å². The lowest BCUT2D eigenvalue weighted by Crippen LogP contribution is -1.97. The van der Waals surface area contributed by atoms with Gasteiger partial charge in [-0.2, -0.15) is 0 Å². The Hall–Kier alpha value is -2.15. The maximum absolute atomic E-state index is 10.8. The summed E-state index contributed by atoms with van der Waals surface area (Å²) in [7, 11) is 0. The minimum Gasteiger partial charge on any atom is -0.454 e. The molecule has 0 saturated carbocycles. The number of halogens is 1. The van der Waals surface area contributed by atoms with Crippen molar-refractivity contribution in [1.29, 1.82) is 0 Å². The quantitative estimate of drug-likeness (QED) is 0.659. The summed E-state index contributed by atoms with van der Waals surface area (Å²) in [4.78, 5) is 14.4. The van der Waals surface area contributed by atoms with Crippen LogP contribution in [-0.4, -0.2) is 16.5 Å². The number of nitro groups is 1. The zero-order valence-corrected chi connectivity index (χ0v) is 12.3. The van der Waals surface area contributed by atoms with Gasteiger partial charge in [-0.3, -0.25) is 15.1 Å². The molecular weight excluding hydrogens is 326 g/mol. The number of aromatic nitrogens is 1. The molecule has 6 nitrogen and oxygen atoms in total. The van der Waals surface area contributed by atoms with Crippen LogP contribution < -0.4 is 10.1 Å². The summed E-state index contributed by atoms with van der Waals surface area (Å²) in [6, 6.07) is 6.13. The van der Waals surface area contributed by atoms with E-state index in [1.807, 2.05) is 6.92 Å². The molecule has 1 heterocycles. The molecule has 2 aromatic rings. The molecule has 1 aromatic heterocycles. The van der Waals surface area contributed by atoms with E-state index in [0.29, 0.717) is 16.0 Å². The second-order valence-electron chi connectivity index (χ2n) is 3.91. The van der Waals surface area contributed by atoms with Crippen molar-refractivity contribution in [3.8, 4) is 11.5 Å². The van der Waals surface area contributed by atoms with Crippen molar-refractivity contribution in [2.75, 3.05) is 11.9 Å². The van der Waals surface area contributed by atoms with Crippen LogP contribution in [0.5, 0.6) is 11.5 Å². The standard InChI is InChI=1S/C13H12BrN3O3/c1-2-16-9-5-11(8-15-7-9)20-13-6-10(17(18)19)3-4-12(13)14/h3-8,16H,2H2,1H3. The number of nitrogens with zero attached hydrogens (tertiary/aromatic N) is 2. The van der Waals surface area contributed by atoms with Gasteiger partial charge in [-0.25, -0.2) is 0 Å². The van der Waals surface area contributed by atoms with Gasteiger partial charge < -0.3 is 10.1 Å². The summed E-state index contributed by atoms with van der Waals surface area (Å²) in [6.45, 7) is 2.75. The van der Waals surface area contributed by atoms with E-state index in [4.69, 9.17) is 4.74 Å². The summed E-state index contributed by atoms with van der Waals surface area (Å²) < 4.78 is 6.27. The molecule has 0 saturated heterocycles. The zero-order valence-electron chi connectivity index (χ0n) is 10.7. The van der Waals surface area contributed by atoms with Crippen LogP contribution in [0.15, 0.2) is 41.1 Å². The van der Waals surface area contributed by atoms with E-state index in [0.717, 1.165) is 12.2 Å². The van der Waals surface area contributed by atoms with Crippen LogP contribution in [0.2, 0.25) is 0 Å². The molecule has 1 N–H and O–H groups in total. The number of nitro benzene ring substituents is 1. The first-order chi connectivity index (χ1) is 9.60. The fraction of sp³-hybridized carbons (Fsp3) is 0.154. The first-order valence-electron chi connectivity index (χ1n) is 5.91. The molecule has 0 unspecified atom stereocenters. The van der Waals surface area contributed by atoms with Crippen molar-refractivity contribution in [3.63, 3.8) is 0 Å². The number of pyridine rings is 1. The lowest BCUT2D eigenvalue weighted by atomic mass is 10.3. The van der Waals surface area contributed by atoms with Crippen LogP contribution >= 0.6 is 15.9 Å². The van der Waals surface area contributed by atoms with Gasteiger partial charge in [0.1, 0.15) is 11.5 Å². The molecule has 104 valence electrons. The maximum Gasteiger partial charge on any atom is 0.273 e. The molecule has 0 amide bonds. The van der Waals surface area contributed by atoms with Gasteiger partial charge in [0.05, 0.1) is 33.5 Å². The Labute approximate surface area is 124 Å². The van der Waals surface area contributed by atoms with Gasteiger partial charge in [-0.1, -0.05) is 0 Å². The topological polar surface area (TPSA) is 77.3 Å². The van der Waals surface area contributed by atoms with Gasteiger partial charge in [0, 0.05) is 18.7 Å². The Morgan fingerprint density at radius 1 is 1.40 bits per heavy atom. The van der Waals surface area contributed by atoms with Crippen molar-refractivity contribution in [2.24, 2.45) is 0 Å². The highest BCUT2D eigenvalue weighted by atomic mass is 79.9. The lowest BCUT2D eigenvalue weighted by molar-refractivity contribution is -0.384. The van der Waals surface area contributed by atoms with Crippen LogP contribution in [0.25, 0.3) is 0 Å². The van der Waals surface area contributed by atoms with E-state index in [2.05, 4.69) is 26.2 Å². The van der Waals surface area contributed by atoms with Crippen LogP contribution in [0.4, 0.5) is 11.4 Å². The molecule has 0 aliphatic rings. The van der Waals surface area contributed by atoms with Crippen molar-refractivity contribution in [2.45, 2.75) is 6.92 Å². The summed E-state index contributed by atoms with van der Waals surface area (Å²) in [5.41, 5.74) is 0.797. The molecule has 0 fully saturated rings. The zero-order chi connectivity index (χ0) is 14.5. The van der Waals surface area contributed by atoms with Crippen LogP contribution in [0.3, 0.4) is 0 Å². The Kier molecular flexibility index (Phi) is 4.52. The normalized spacial score (nSPS) is 10.1. The van der Waals surface area contributed by atoms with Gasteiger partial charge in [0.2, 0.25) is 0 Å². The highest BCUT2D eigenvalue weighted by Crippen LogP contribution is 2.33. The Balaban J connectivity index is 2.27. The van der Waals surface area contributed by atoms with Crippen molar-refractivity contribution >= 4 is 27.3 Å². The molecule has 0 spiro atoms. The molecule has 0 aliphatic heterocycles. The number of benzene rings is 1. The van der Waals surface area contributed by atoms with Crippen LogP contribution in [0.1, 0.15) is 6.92 Å². The average Bonchev–Trinajstić information content (AvgIpc) is 2.42. The summed E-state index contributed by atoms with van der Waals surface area (Å²) in [5, 5.41) is 13.9. The Morgan fingerprint density at radius 2 is 2.20 bits per heavy atom. The molecule has 20 heavy (non-hydrogen) atoms. The molecule has 0 bridgehead atoms. The number of hydrogen-bond donors (Lipinski definition) is 1. The third kappa shape index (κ3) is 3.45. The minimum absolute atomic E-state index is 0.0287. The van der Waals surface area contributed by atoms with Gasteiger partial charge >= 0.3 is 0 Å². The predicted octanol–water partition coefficient (Wildman–Crippen LogP) is 3.98. The largest absolute Gasteiger partial charge is 0.454 e. The maximum atomic E-state index is 10.8. The van der Waals surface area contributed by atoms with Crippen molar-refractivity contribution in [3.05, 3.63) is 51.2 Å². The molecule has 0 radical (unpaired) electrons. The smallest absolute Gasteiger partial charge is 0.273 e. The van der Waals surface area contributed by atoms with Crippen molar-refractivity contribution < 1.29 is 9.66 Å². The molecule has 1 aromatic carbocycles. The number of anilines is 1. The second-order valence-corrected chi connectivity index (χ2v) is 4.77. The lowest BCUT2D eigenvalue weighted by Gasteiger charge is -2.09. The van der Waals surface area contributed by atoms with Crippen LogP contribution in [-0.2, 0) is 0 Å². The van der Waals surface area contributed by atoms with E-state index in [9.17, 15) is 10.1 Å². The molecule has 2 rings (SSSR count). The van der Waals surface area contributed by atoms with Gasteiger partial charge in [-0.05, 0) is 28.9 Å². The highest BCUT2D eigenvalue weighted by Gasteiger charge is 2.11. The Bertz CT molecular complexity index is 634. The van der Waals surface area contributed by atoms with E-state index < -0.39 is 4.92 Å². The summed E-state index contributed by atoms with van der Waals surface area (Å²) >= 11 is 3.30. The van der Waals surface area contributed by atoms with Gasteiger partial charge in [-0.15, -0.1) is 0 Å². The number of nitrogens with one attached hydrogen (secondary N) is 1. The highest BCUT2D eigenvalue weighted by molar-refractivity contribution is 9.10. The van der Waals surface area contributed by atoms with E-state index in [-0.39, 0.29) is 5.69 Å². The van der Waals surface area contributed by atoms with E-state index >= 15 is 0 Å². The SMILES string of the molecule is CCNc1cncc(Oc2cc([N+](=O)[O-])ccc2Br)c1. The minimum atomic E-state index is -0.466. The third-order valence-electron chi connectivity index (χ3n) is 2.45. The molecular formula is C13H12BrN3O3. The van der Waals surface area contributed by atoms with Crippen molar-refractivity contribution in [1.82, 2.24) is 4.98 Å². The van der Waals surface area contributed by atoms with E-state index in [1.54, 1.807) is 24.5 Å². The van der Waals surface area contributed by atoms with Gasteiger partial charge in [0.25, 0.3) is 5.69 Å². The average molecular weight is 338 g/mol.